The Kier molecular flexibility index (Phi) is 4.40. The van der Waals surface area contributed by atoms with Crippen molar-refractivity contribution in [3.63, 3.8) is 0 Å². The normalized spacial score (nSPS) is 11.4. The Morgan fingerprint density at radius 1 is 1.12 bits per heavy atom. The van der Waals surface area contributed by atoms with Gasteiger partial charge in [-0.05, 0) is 24.0 Å². The van der Waals surface area contributed by atoms with Gasteiger partial charge in [0.25, 0.3) is 0 Å². The molecule has 17 heavy (non-hydrogen) atoms. The lowest BCUT2D eigenvalue weighted by Crippen LogP contribution is -2.14. The Labute approximate surface area is 103 Å². The molecule has 3 nitrogen and oxygen atoms in total. The molecule has 0 fully saturated rings. The standard InChI is InChI=1S/C14H22O3/c1-14(2,3)12-9-11(16-4)8-10(6-7-15)13(12)17-5/h8-9,15H,6-7H2,1-5H3. The van der Waals surface area contributed by atoms with Crippen molar-refractivity contribution in [2.45, 2.75) is 32.6 Å². The van der Waals surface area contributed by atoms with Gasteiger partial charge in [0.15, 0.2) is 0 Å². The maximum Gasteiger partial charge on any atom is 0.126 e. The van der Waals surface area contributed by atoms with E-state index in [2.05, 4.69) is 20.8 Å². The minimum absolute atomic E-state index is 0.0237. The Hall–Kier alpha value is -1.22. The van der Waals surface area contributed by atoms with Crippen LogP contribution in [0.3, 0.4) is 0 Å². The third-order valence-corrected chi connectivity index (χ3v) is 2.77. The van der Waals surface area contributed by atoms with E-state index in [0.717, 1.165) is 22.6 Å². The first-order chi connectivity index (χ1) is 7.93. The summed E-state index contributed by atoms with van der Waals surface area (Å²) in [5.41, 5.74) is 2.06. The molecular formula is C14H22O3. The summed E-state index contributed by atoms with van der Waals surface area (Å²) in [5.74, 6) is 1.66. The number of ether oxygens (including phenoxy) is 2. The van der Waals surface area contributed by atoms with Crippen LogP contribution in [0.4, 0.5) is 0 Å². The predicted octanol–water partition coefficient (Wildman–Crippen LogP) is 2.54. The van der Waals surface area contributed by atoms with Crippen LogP contribution in [0.25, 0.3) is 0 Å². The average molecular weight is 238 g/mol. The van der Waals surface area contributed by atoms with E-state index in [9.17, 15) is 0 Å². The maximum absolute atomic E-state index is 9.10. The zero-order valence-corrected chi connectivity index (χ0v) is 11.3. The van der Waals surface area contributed by atoms with Gasteiger partial charge < -0.3 is 14.6 Å². The lowest BCUT2D eigenvalue weighted by atomic mass is 9.84. The SMILES string of the molecule is COc1cc(CCO)c(OC)c(C(C)(C)C)c1. The Morgan fingerprint density at radius 2 is 1.76 bits per heavy atom. The van der Waals surface area contributed by atoms with Gasteiger partial charge in [-0.2, -0.15) is 0 Å². The number of aliphatic hydroxyl groups excluding tert-OH is 1. The molecule has 0 bridgehead atoms. The van der Waals surface area contributed by atoms with Crippen LogP contribution in [-0.2, 0) is 11.8 Å². The molecule has 0 saturated heterocycles. The molecule has 0 heterocycles. The van der Waals surface area contributed by atoms with E-state index in [4.69, 9.17) is 14.6 Å². The largest absolute Gasteiger partial charge is 0.497 e. The molecule has 0 aliphatic rings. The van der Waals surface area contributed by atoms with Gasteiger partial charge in [-0.15, -0.1) is 0 Å². The van der Waals surface area contributed by atoms with Crippen molar-refractivity contribution in [1.82, 2.24) is 0 Å². The molecule has 0 aromatic heterocycles. The highest BCUT2D eigenvalue weighted by atomic mass is 16.5. The van der Waals surface area contributed by atoms with Gasteiger partial charge in [-0.3, -0.25) is 0 Å². The van der Waals surface area contributed by atoms with Crippen molar-refractivity contribution in [1.29, 1.82) is 0 Å². The summed E-state index contributed by atoms with van der Waals surface area (Å²) in [6.07, 6.45) is 0.573. The topological polar surface area (TPSA) is 38.7 Å². The quantitative estimate of drug-likeness (QED) is 0.876. The molecule has 1 rings (SSSR count). The third kappa shape index (κ3) is 3.13. The first-order valence-corrected chi connectivity index (χ1v) is 5.80. The fraction of sp³-hybridized carbons (Fsp3) is 0.571. The number of methoxy groups -OCH3 is 2. The first-order valence-electron chi connectivity index (χ1n) is 5.80. The molecule has 0 unspecified atom stereocenters. The Balaban J connectivity index is 3.39. The summed E-state index contributed by atoms with van der Waals surface area (Å²) in [6.45, 7) is 6.50. The fourth-order valence-electron chi connectivity index (χ4n) is 1.88. The van der Waals surface area contributed by atoms with Crippen LogP contribution < -0.4 is 9.47 Å². The third-order valence-electron chi connectivity index (χ3n) is 2.77. The second kappa shape index (κ2) is 5.41. The van der Waals surface area contributed by atoms with Gasteiger partial charge in [0.05, 0.1) is 14.2 Å². The van der Waals surface area contributed by atoms with Crippen LogP contribution in [0.1, 0.15) is 31.9 Å². The summed E-state index contributed by atoms with van der Waals surface area (Å²) in [6, 6.07) is 3.92. The molecule has 0 radical (unpaired) electrons. The number of aliphatic hydroxyl groups is 1. The van der Waals surface area contributed by atoms with E-state index in [1.165, 1.54) is 0 Å². The predicted molar refractivity (Wildman–Crippen MR) is 69.0 cm³/mol. The van der Waals surface area contributed by atoms with Gasteiger partial charge in [0, 0.05) is 17.7 Å². The van der Waals surface area contributed by atoms with Gasteiger partial charge in [-0.25, -0.2) is 0 Å². The van der Waals surface area contributed by atoms with Crippen molar-refractivity contribution < 1.29 is 14.6 Å². The summed E-state index contributed by atoms with van der Waals surface area (Å²) in [7, 11) is 3.31. The lowest BCUT2D eigenvalue weighted by Gasteiger charge is -2.24. The van der Waals surface area contributed by atoms with Crippen LogP contribution in [0, 0.1) is 0 Å². The fourth-order valence-corrected chi connectivity index (χ4v) is 1.88. The van der Waals surface area contributed by atoms with Crippen LogP contribution in [-0.4, -0.2) is 25.9 Å². The van der Waals surface area contributed by atoms with Crippen LogP contribution in [0.5, 0.6) is 11.5 Å². The van der Waals surface area contributed by atoms with E-state index >= 15 is 0 Å². The van der Waals surface area contributed by atoms with Crippen molar-refractivity contribution >= 4 is 0 Å². The van der Waals surface area contributed by atoms with Crippen LogP contribution in [0.2, 0.25) is 0 Å². The molecule has 1 aromatic rings. The lowest BCUT2D eigenvalue weighted by molar-refractivity contribution is 0.295. The van der Waals surface area contributed by atoms with Gasteiger partial charge >= 0.3 is 0 Å². The molecule has 0 saturated carbocycles. The highest BCUT2D eigenvalue weighted by Crippen LogP contribution is 2.37. The number of hydrogen-bond acceptors (Lipinski definition) is 3. The van der Waals surface area contributed by atoms with Crippen LogP contribution in [0.15, 0.2) is 12.1 Å². The zero-order chi connectivity index (χ0) is 13.1. The molecule has 0 atom stereocenters. The minimum Gasteiger partial charge on any atom is -0.497 e. The minimum atomic E-state index is -0.0237. The van der Waals surface area contributed by atoms with Gasteiger partial charge in [0.1, 0.15) is 11.5 Å². The van der Waals surface area contributed by atoms with Crippen molar-refractivity contribution in [2.24, 2.45) is 0 Å². The van der Waals surface area contributed by atoms with Crippen molar-refractivity contribution in [3.8, 4) is 11.5 Å². The summed E-state index contributed by atoms with van der Waals surface area (Å²) < 4.78 is 10.8. The highest BCUT2D eigenvalue weighted by molar-refractivity contribution is 5.50. The summed E-state index contributed by atoms with van der Waals surface area (Å²) in [4.78, 5) is 0. The smallest absolute Gasteiger partial charge is 0.126 e. The molecule has 1 N–H and O–H groups in total. The van der Waals surface area contributed by atoms with E-state index in [-0.39, 0.29) is 12.0 Å². The second-order valence-electron chi connectivity index (χ2n) is 5.09. The zero-order valence-electron chi connectivity index (χ0n) is 11.3. The van der Waals surface area contributed by atoms with E-state index in [0.29, 0.717) is 6.42 Å². The first kappa shape index (κ1) is 13.8. The van der Waals surface area contributed by atoms with E-state index < -0.39 is 0 Å². The Bertz CT molecular complexity index is 378. The molecule has 96 valence electrons. The van der Waals surface area contributed by atoms with E-state index in [1.807, 2.05) is 12.1 Å². The molecule has 0 spiro atoms. The molecule has 0 aliphatic carbocycles. The molecule has 0 amide bonds. The monoisotopic (exact) mass is 238 g/mol. The van der Waals surface area contributed by atoms with Gasteiger partial charge in [0.2, 0.25) is 0 Å². The molecule has 1 aromatic carbocycles. The van der Waals surface area contributed by atoms with Crippen molar-refractivity contribution in [2.75, 3.05) is 20.8 Å². The number of benzene rings is 1. The number of hydrogen-bond donors (Lipinski definition) is 1. The Morgan fingerprint density at radius 3 is 2.18 bits per heavy atom. The van der Waals surface area contributed by atoms with Crippen molar-refractivity contribution in [3.05, 3.63) is 23.3 Å². The second-order valence-corrected chi connectivity index (χ2v) is 5.09. The van der Waals surface area contributed by atoms with Gasteiger partial charge in [-0.1, -0.05) is 20.8 Å². The number of rotatable bonds is 4. The average Bonchev–Trinajstić information content (AvgIpc) is 2.27. The highest BCUT2D eigenvalue weighted by Gasteiger charge is 2.22. The summed E-state index contributed by atoms with van der Waals surface area (Å²) >= 11 is 0. The molecule has 0 aliphatic heterocycles. The van der Waals surface area contributed by atoms with E-state index in [1.54, 1.807) is 14.2 Å². The maximum atomic E-state index is 9.10. The summed E-state index contributed by atoms with van der Waals surface area (Å²) in [5, 5.41) is 9.10. The molecule has 3 heteroatoms. The van der Waals surface area contributed by atoms with Crippen LogP contribution >= 0.6 is 0 Å². The molecular weight excluding hydrogens is 216 g/mol.